The standard InChI is InChI=1S/C19H24BrNO2/c1-2-12-7-15(20)3-4-16(12)18(22)21-17-13-5-11-6-14(17)10-19(23,8-11)9-13/h3-4,7,11,13-14,17,23H,2,5-6,8-10H2,1H3,(H,21,22). The zero-order valence-electron chi connectivity index (χ0n) is 13.5. The molecule has 4 aliphatic carbocycles. The van der Waals surface area contributed by atoms with Crippen LogP contribution in [0.2, 0.25) is 0 Å². The minimum atomic E-state index is -0.441. The maximum absolute atomic E-state index is 12.8. The fraction of sp³-hybridized carbons (Fsp3) is 0.632. The van der Waals surface area contributed by atoms with Crippen LogP contribution in [-0.2, 0) is 6.42 Å². The van der Waals surface area contributed by atoms with Crippen molar-refractivity contribution in [3.8, 4) is 0 Å². The van der Waals surface area contributed by atoms with Crippen LogP contribution in [0.1, 0.15) is 54.9 Å². The Morgan fingerprint density at radius 2 is 2.00 bits per heavy atom. The van der Waals surface area contributed by atoms with Crippen molar-refractivity contribution in [1.29, 1.82) is 0 Å². The first kappa shape index (κ1) is 15.6. The Morgan fingerprint density at radius 3 is 2.61 bits per heavy atom. The van der Waals surface area contributed by atoms with Crippen LogP contribution in [0.4, 0.5) is 0 Å². The fourth-order valence-electron chi connectivity index (χ4n) is 5.52. The summed E-state index contributed by atoms with van der Waals surface area (Å²) >= 11 is 3.48. The number of hydrogen-bond acceptors (Lipinski definition) is 2. The molecule has 1 amide bonds. The quantitative estimate of drug-likeness (QED) is 0.843. The van der Waals surface area contributed by atoms with Crippen LogP contribution < -0.4 is 5.32 Å². The third-order valence-electron chi connectivity index (χ3n) is 6.23. The van der Waals surface area contributed by atoms with Gasteiger partial charge in [0, 0.05) is 16.1 Å². The van der Waals surface area contributed by atoms with E-state index >= 15 is 0 Å². The highest BCUT2D eigenvalue weighted by molar-refractivity contribution is 9.10. The highest BCUT2D eigenvalue weighted by Crippen LogP contribution is 2.55. The smallest absolute Gasteiger partial charge is 0.251 e. The molecule has 2 atom stereocenters. The van der Waals surface area contributed by atoms with E-state index in [1.54, 1.807) is 0 Å². The van der Waals surface area contributed by atoms with E-state index in [1.165, 1.54) is 12.8 Å². The first-order chi connectivity index (χ1) is 11.0. The maximum Gasteiger partial charge on any atom is 0.251 e. The second kappa shape index (κ2) is 5.59. The van der Waals surface area contributed by atoms with Crippen molar-refractivity contribution in [3.63, 3.8) is 0 Å². The Labute approximate surface area is 146 Å². The minimum Gasteiger partial charge on any atom is -0.390 e. The number of aryl methyl sites for hydroxylation is 1. The summed E-state index contributed by atoms with van der Waals surface area (Å²) in [6.07, 6.45) is 5.90. The lowest BCUT2D eigenvalue weighted by atomic mass is 9.52. The van der Waals surface area contributed by atoms with E-state index in [4.69, 9.17) is 0 Å². The van der Waals surface area contributed by atoms with Gasteiger partial charge in [0.25, 0.3) is 5.91 Å². The molecule has 0 aromatic heterocycles. The van der Waals surface area contributed by atoms with Crippen molar-refractivity contribution in [1.82, 2.24) is 5.32 Å². The molecule has 0 aliphatic heterocycles. The van der Waals surface area contributed by atoms with E-state index in [0.29, 0.717) is 17.8 Å². The summed E-state index contributed by atoms with van der Waals surface area (Å²) in [5, 5.41) is 14.0. The number of aliphatic hydroxyl groups is 1. The molecule has 0 heterocycles. The number of carbonyl (C=O) groups excluding carboxylic acids is 1. The van der Waals surface area contributed by atoms with Crippen LogP contribution >= 0.6 is 15.9 Å². The average molecular weight is 378 g/mol. The lowest BCUT2D eigenvalue weighted by Gasteiger charge is -2.58. The van der Waals surface area contributed by atoms with Crippen molar-refractivity contribution in [3.05, 3.63) is 33.8 Å². The number of hydrogen-bond donors (Lipinski definition) is 2. The Bertz CT molecular complexity index is 628. The molecule has 4 bridgehead atoms. The first-order valence-electron chi connectivity index (χ1n) is 8.79. The number of amides is 1. The molecular weight excluding hydrogens is 354 g/mol. The summed E-state index contributed by atoms with van der Waals surface area (Å²) < 4.78 is 1.02. The number of benzene rings is 1. The molecule has 4 heteroatoms. The van der Waals surface area contributed by atoms with Crippen LogP contribution in [0, 0.1) is 17.8 Å². The Morgan fingerprint density at radius 1 is 1.30 bits per heavy atom. The Kier molecular flexibility index (Phi) is 3.80. The highest BCUT2D eigenvalue weighted by Gasteiger charge is 2.55. The van der Waals surface area contributed by atoms with Crippen LogP contribution in [0.3, 0.4) is 0 Å². The summed E-state index contributed by atoms with van der Waals surface area (Å²) in [4.78, 5) is 12.8. The van der Waals surface area contributed by atoms with Gasteiger partial charge in [0.1, 0.15) is 0 Å². The molecule has 1 aromatic carbocycles. The summed E-state index contributed by atoms with van der Waals surface area (Å²) in [5.74, 6) is 1.63. The summed E-state index contributed by atoms with van der Waals surface area (Å²) in [7, 11) is 0. The molecule has 23 heavy (non-hydrogen) atoms. The van der Waals surface area contributed by atoms with E-state index in [-0.39, 0.29) is 11.9 Å². The number of carbonyl (C=O) groups is 1. The van der Waals surface area contributed by atoms with Crippen LogP contribution in [0.5, 0.6) is 0 Å². The van der Waals surface area contributed by atoms with Gasteiger partial charge in [-0.15, -0.1) is 0 Å². The monoisotopic (exact) mass is 377 g/mol. The van der Waals surface area contributed by atoms with Crippen molar-refractivity contribution in [2.45, 2.75) is 57.1 Å². The molecule has 5 rings (SSSR count). The average Bonchev–Trinajstić information content (AvgIpc) is 2.48. The molecule has 2 N–H and O–H groups in total. The minimum absolute atomic E-state index is 0.0545. The summed E-state index contributed by atoms with van der Waals surface area (Å²) in [6, 6.07) is 6.14. The number of halogens is 1. The first-order valence-corrected chi connectivity index (χ1v) is 9.58. The Balaban J connectivity index is 1.54. The zero-order valence-corrected chi connectivity index (χ0v) is 15.1. The zero-order chi connectivity index (χ0) is 16.2. The van der Waals surface area contributed by atoms with Crippen LogP contribution in [0.25, 0.3) is 0 Å². The van der Waals surface area contributed by atoms with E-state index < -0.39 is 5.60 Å². The molecule has 1 aromatic rings. The van der Waals surface area contributed by atoms with E-state index in [0.717, 1.165) is 41.3 Å². The van der Waals surface area contributed by atoms with Gasteiger partial charge in [-0.2, -0.15) is 0 Å². The van der Waals surface area contributed by atoms with Crippen molar-refractivity contribution in [2.24, 2.45) is 17.8 Å². The maximum atomic E-state index is 12.8. The van der Waals surface area contributed by atoms with Crippen molar-refractivity contribution in [2.75, 3.05) is 0 Å². The third kappa shape index (κ3) is 2.74. The summed E-state index contributed by atoms with van der Waals surface area (Å²) in [5.41, 5.74) is 1.44. The predicted octanol–water partition coefficient (Wildman–Crippen LogP) is 3.68. The molecule has 0 saturated heterocycles. The van der Waals surface area contributed by atoms with Crippen LogP contribution in [-0.4, -0.2) is 22.7 Å². The molecule has 4 saturated carbocycles. The van der Waals surface area contributed by atoms with Gasteiger partial charge in [-0.3, -0.25) is 4.79 Å². The van der Waals surface area contributed by atoms with Gasteiger partial charge in [-0.25, -0.2) is 0 Å². The second-order valence-electron chi connectivity index (χ2n) is 7.85. The van der Waals surface area contributed by atoms with E-state index in [9.17, 15) is 9.90 Å². The predicted molar refractivity (Wildman–Crippen MR) is 93.3 cm³/mol. The topological polar surface area (TPSA) is 49.3 Å². The van der Waals surface area contributed by atoms with E-state index in [2.05, 4.69) is 28.2 Å². The lowest BCUT2D eigenvalue weighted by molar-refractivity contribution is -0.136. The Hall–Kier alpha value is -0.870. The molecule has 0 radical (unpaired) electrons. The second-order valence-corrected chi connectivity index (χ2v) is 8.76. The fourth-order valence-corrected chi connectivity index (χ4v) is 5.93. The van der Waals surface area contributed by atoms with Gasteiger partial charge in [-0.05, 0) is 80.0 Å². The van der Waals surface area contributed by atoms with E-state index in [1.807, 2.05) is 18.2 Å². The van der Waals surface area contributed by atoms with Crippen LogP contribution in [0.15, 0.2) is 22.7 Å². The molecule has 4 fully saturated rings. The van der Waals surface area contributed by atoms with Gasteiger partial charge in [-0.1, -0.05) is 22.9 Å². The molecule has 4 aliphatic rings. The van der Waals surface area contributed by atoms with Crippen molar-refractivity contribution < 1.29 is 9.90 Å². The van der Waals surface area contributed by atoms with Gasteiger partial charge in [0.2, 0.25) is 0 Å². The third-order valence-corrected chi connectivity index (χ3v) is 6.72. The largest absolute Gasteiger partial charge is 0.390 e. The highest BCUT2D eigenvalue weighted by atomic mass is 79.9. The van der Waals surface area contributed by atoms with Crippen molar-refractivity contribution >= 4 is 21.8 Å². The SMILES string of the molecule is CCc1cc(Br)ccc1C(=O)NC1C2CC3CC1CC(O)(C3)C2. The molecular formula is C19H24BrNO2. The number of rotatable bonds is 3. The normalized spacial score (nSPS) is 37.9. The molecule has 3 nitrogen and oxygen atoms in total. The molecule has 0 spiro atoms. The lowest BCUT2D eigenvalue weighted by Crippen LogP contribution is -2.61. The van der Waals surface area contributed by atoms with Gasteiger partial charge in [0.05, 0.1) is 5.60 Å². The summed E-state index contributed by atoms with van der Waals surface area (Å²) in [6.45, 7) is 2.08. The number of nitrogens with one attached hydrogen (secondary N) is 1. The molecule has 124 valence electrons. The van der Waals surface area contributed by atoms with Gasteiger partial charge >= 0.3 is 0 Å². The van der Waals surface area contributed by atoms with Gasteiger partial charge in [0.15, 0.2) is 0 Å². The molecule has 2 unspecified atom stereocenters. The van der Waals surface area contributed by atoms with Gasteiger partial charge < -0.3 is 10.4 Å².